The molecule has 2 aliphatic heterocycles. The number of hydrogen-bond donors (Lipinski definition) is 3. The second-order valence-corrected chi connectivity index (χ2v) is 15.6. The summed E-state index contributed by atoms with van der Waals surface area (Å²) >= 11 is 0. The molecule has 2 saturated carbocycles. The van der Waals surface area contributed by atoms with Crippen molar-refractivity contribution in [3.63, 3.8) is 0 Å². The fourth-order valence-electron chi connectivity index (χ4n) is 8.45. The first kappa shape index (κ1) is 34.0. The number of nitrogens with two attached hydrogens (primary N) is 1. The number of piperidine rings is 2. The quantitative estimate of drug-likeness (QED) is 0.198. The number of aromatic nitrogens is 7. The van der Waals surface area contributed by atoms with Crippen LogP contribution < -0.4 is 20.9 Å². The van der Waals surface area contributed by atoms with Crippen LogP contribution in [-0.2, 0) is 19.5 Å². The van der Waals surface area contributed by atoms with Crippen LogP contribution in [0.1, 0.15) is 79.7 Å². The largest absolute Gasteiger partial charge is 0.478 e. The van der Waals surface area contributed by atoms with Crippen LogP contribution in [0.5, 0.6) is 0 Å². The topological polar surface area (TPSA) is 173 Å². The van der Waals surface area contributed by atoms with Gasteiger partial charge in [0.25, 0.3) is 5.91 Å². The maximum absolute atomic E-state index is 12.8. The molecule has 4 fully saturated rings. The number of carboxylic acids is 1. The number of carbonyl (C=O) groups is 2. The summed E-state index contributed by atoms with van der Waals surface area (Å²) in [6.45, 7) is 9.73. The van der Waals surface area contributed by atoms with E-state index in [9.17, 15) is 9.59 Å². The van der Waals surface area contributed by atoms with E-state index >= 15 is 0 Å². The molecule has 5 aliphatic rings. The molecule has 14 nitrogen and oxygen atoms in total. The van der Waals surface area contributed by atoms with Crippen molar-refractivity contribution >= 4 is 29.3 Å². The standard InChI is InChI=1S/C24H27N7O.C16H18N4O2/c1-14-15(2-5-22(28-14)30-10-16-8-17(16)11-30)12-31-13-18(9-27-31)24(32)29-21-4-3-20-19(21)6-7-26-23(20)25;1-10-11(8-20-9-14(5-17-20)16(21)22)2-3-15(18-10)19-6-12-4-13(12)7-19/h2,5-7,9,13,16-17,21H,3-4,8,10-12H2,1H3,(H2,25,26)(H,29,32);2-3,5,9,12-13H,4,6-8H2,1H3,(H,21,22)/t16?,17?,21-;/m1./s1. The first-order valence-electron chi connectivity index (χ1n) is 18.9. The van der Waals surface area contributed by atoms with Gasteiger partial charge in [-0.05, 0) is 104 Å². The summed E-state index contributed by atoms with van der Waals surface area (Å²) < 4.78 is 3.44. The van der Waals surface area contributed by atoms with E-state index in [0.717, 1.165) is 108 Å². The molecule has 0 bridgehead atoms. The number of carboxylic acid groups (broad SMARTS) is 1. The van der Waals surface area contributed by atoms with E-state index in [4.69, 9.17) is 20.8 Å². The summed E-state index contributed by atoms with van der Waals surface area (Å²) in [7, 11) is 0. The number of rotatable bonds is 9. The minimum Gasteiger partial charge on any atom is -0.478 e. The normalized spacial score (nSPS) is 23.0. The number of nitrogen functional groups attached to an aromatic ring is 1. The van der Waals surface area contributed by atoms with Crippen molar-refractivity contribution in [2.24, 2.45) is 23.7 Å². The number of nitrogens with one attached hydrogen (secondary N) is 1. The Balaban J connectivity index is 0.000000153. The number of aryl methyl sites for hydroxylation is 2. The minimum absolute atomic E-state index is 0.0400. The molecule has 54 heavy (non-hydrogen) atoms. The van der Waals surface area contributed by atoms with Gasteiger partial charge in [0.05, 0.1) is 42.7 Å². The molecular formula is C40H45N11O3. The number of carbonyl (C=O) groups excluding carboxylic acids is 1. The number of aromatic carboxylic acids is 1. The van der Waals surface area contributed by atoms with Gasteiger partial charge in [-0.15, -0.1) is 0 Å². The van der Waals surface area contributed by atoms with Crippen molar-refractivity contribution in [3.05, 3.63) is 106 Å². The number of fused-ring (bicyclic) bond motifs is 3. The predicted molar refractivity (Wildman–Crippen MR) is 202 cm³/mol. The van der Waals surface area contributed by atoms with E-state index in [0.29, 0.717) is 24.5 Å². The number of anilines is 3. The summed E-state index contributed by atoms with van der Waals surface area (Å²) in [4.78, 5) is 42.2. The highest BCUT2D eigenvalue weighted by molar-refractivity contribution is 5.94. The zero-order valence-corrected chi connectivity index (χ0v) is 30.6. The van der Waals surface area contributed by atoms with Gasteiger partial charge in [-0.1, -0.05) is 12.1 Å². The summed E-state index contributed by atoms with van der Waals surface area (Å²) in [5, 5.41) is 20.5. The molecule has 5 aromatic heterocycles. The predicted octanol–water partition coefficient (Wildman–Crippen LogP) is 4.27. The Morgan fingerprint density at radius 1 is 0.796 bits per heavy atom. The fraction of sp³-hybridized carbons (Fsp3) is 0.425. The van der Waals surface area contributed by atoms with Gasteiger partial charge >= 0.3 is 5.97 Å². The van der Waals surface area contributed by atoms with Crippen LogP contribution in [0.25, 0.3) is 0 Å². The van der Waals surface area contributed by atoms with E-state index in [1.165, 1.54) is 19.0 Å². The molecule has 3 aliphatic carbocycles. The van der Waals surface area contributed by atoms with E-state index in [1.807, 2.05) is 19.9 Å². The second-order valence-electron chi connectivity index (χ2n) is 15.6. The first-order chi connectivity index (χ1) is 26.1. The minimum atomic E-state index is -0.955. The maximum atomic E-state index is 12.8. The molecule has 0 aromatic carbocycles. The molecule has 4 unspecified atom stereocenters. The van der Waals surface area contributed by atoms with Gasteiger partial charge in [-0.2, -0.15) is 10.2 Å². The summed E-state index contributed by atoms with van der Waals surface area (Å²) in [5.41, 5.74) is 13.0. The van der Waals surface area contributed by atoms with Crippen LogP contribution in [0.2, 0.25) is 0 Å². The van der Waals surface area contributed by atoms with Gasteiger partial charge in [-0.25, -0.2) is 19.7 Å². The Morgan fingerprint density at radius 2 is 1.33 bits per heavy atom. The highest BCUT2D eigenvalue weighted by Gasteiger charge is 2.46. The van der Waals surface area contributed by atoms with Crippen LogP contribution in [0.15, 0.2) is 61.3 Å². The lowest BCUT2D eigenvalue weighted by Crippen LogP contribution is -2.26. The van der Waals surface area contributed by atoms with Gasteiger partial charge < -0.3 is 26.0 Å². The fourth-order valence-corrected chi connectivity index (χ4v) is 8.45. The van der Waals surface area contributed by atoms with Crippen LogP contribution in [-0.4, -0.2) is 77.7 Å². The number of hydrogen-bond acceptors (Lipinski definition) is 10. The maximum Gasteiger partial charge on any atom is 0.338 e. The molecule has 4 N–H and O–H groups in total. The molecule has 2 saturated heterocycles. The molecule has 10 rings (SSSR count). The SMILES string of the molecule is Cc1nc(N2CC3CC3C2)ccc1Cn1cc(C(=O)N[C@@H]2CCc3c2ccnc3N)cn1.Cc1nc(N2CC3CC3C2)ccc1Cn1cc(C(=O)O)cn1. The summed E-state index contributed by atoms with van der Waals surface area (Å²) in [6, 6.07) is 10.3. The zero-order chi connectivity index (χ0) is 37.1. The Morgan fingerprint density at radius 3 is 1.85 bits per heavy atom. The number of amides is 1. The average Bonchev–Trinajstić information content (AvgIpc) is 3.63. The Hall–Kier alpha value is -5.79. The van der Waals surface area contributed by atoms with Crippen molar-refractivity contribution < 1.29 is 14.7 Å². The lowest BCUT2D eigenvalue weighted by molar-refractivity contribution is 0.0696. The zero-order valence-electron chi connectivity index (χ0n) is 30.6. The molecule has 14 heteroatoms. The van der Waals surface area contributed by atoms with Crippen LogP contribution >= 0.6 is 0 Å². The monoisotopic (exact) mass is 727 g/mol. The third-order valence-electron chi connectivity index (χ3n) is 11.9. The molecule has 0 spiro atoms. The van der Waals surface area contributed by atoms with E-state index in [-0.39, 0.29) is 17.5 Å². The molecule has 7 heterocycles. The lowest BCUT2D eigenvalue weighted by atomic mass is 10.1. The van der Waals surface area contributed by atoms with Crippen molar-refractivity contribution in [2.45, 2.75) is 58.7 Å². The smallest absolute Gasteiger partial charge is 0.338 e. The number of nitrogens with zero attached hydrogens (tertiary/aromatic N) is 9. The Bertz CT molecular complexity index is 2230. The van der Waals surface area contributed by atoms with Gasteiger partial charge in [0, 0.05) is 56.2 Å². The summed E-state index contributed by atoms with van der Waals surface area (Å²) in [6.07, 6.45) is 12.5. The third-order valence-corrected chi connectivity index (χ3v) is 11.9. The third kappa shape index (κ3) is 6.88. The van der Waals surface area contributed by atoms with Crippen molar-refractivity contribution in [3.8, 4) is 0 Å². The van der Waals surface area contributed by atoms with Crippen molar-refractivity contribution in [1.82, 2.24) is 39.8 Å². The molecule has 1 amide bonds. The van der Waals surface area contributed by atoms with Gasteiger partial charge in [0.1, 0.15) is 17.5 Å². The Labute approximate surface area is 313 Å². The van der Waals surface area contributed by atoms with Crippen LogP contribution in [0.3, 0.4) is 0 Å². The molecular weight excluding hydrogens is 683 g/mol. The molecule has 5 aromatic rings. The second kappa shape index (κ2) is 13.6. The first-order valence-corrected chi connectivity index (χ1v) is 18.9. The van der Waals surface area contributed by atoms with Crippen molar-refractivity contribution in [2.75, 3.05) is 41.7 Å². The van der Waals surface area contributed by atoms with Gasteiger partial charge in [0.15, 0.2) is 0 Å². The van der Waals surface area contributed by atoms with Gasteiger partial charge in [-0.3, -0.25) is 14.2 Å². The highest BCUT2D eigenvalue weighted by atomic mass is 16.4. The van der Waals surface area contributed by atoms with Gasteiger partial charge in [0.2, 0.25) is 0 Å². The average molecular weight is 728 g/mol. The molecule has 0 radical (unpaired) electrons. The van der Waals surface area contributed by atoms with E-state index < -0.39 is 5.97 Å². The summed E-state index contributed by atoms with van der Waals surface area (Å²) in [5.74, 6) is 5.16. The van der Waals surface area contributed by atoms with Crippen LogP contribution in [0, 0.1) is 37.5 Å². The van der Waals surface area contributed by atoms with Crippen molar-refractivity contribution in [1.29, 1.82) is 0 Å². The lowest BCUT2D eigenvalue weighted by Gasteiger charge is -2.20. The Kier molecular flexibility index (Phi) is 8.54. The number of pyridine rings is 3. The van der Waals surface area contributed by atoms with E-state index in [2.05, 4.69) is 54.6 Å². The van der Waals surface area contributed by atoms with E-state index in [1.54, 1.807) is 34.2 Å². The van der Waals surface area contributed by atoms with Crippen LogP contribution in [0.4, 0.5) is 17.5 Å². The highest BCUT2D eigenvalue weighted by Crippen LogP contribution is 2.47. The molecule has 278 valence electrons. The molecule has 5 atom stereocenters.